The first-order valence-corrected chi connectivity index (χ1v) is 5.39. The summed E-state index contributed by atoms with van der Waals surface area (Å²) in [5, 5.41) is 3.38. The van der Waals surface area contributed by atoms with Gasteiger partial charge in [0.25, 0.3) is 0 Å². The highest BCUT2D eigenvalue weighted by Gasteiger charge is 2.15. The van der Waals surface area contributed by atoms with Crippen LogP contribution >= 0.6 is 0 Å². The molecule has 0 saturated carbocycles. The van der Waals surface area contributed by atoms with E-state index in [1.807, 2.05) is 0 Å². The number of hydrogen-bond donors (Lipinski definition) is 1. The van der Waals surface area contributed by atoms with Crippen molar-refractivity contribution < 1.29 is 0 Å². The standard InChI is InChI=1S/C11H17N3/c1-2-10-6-11(14-8-13-10)5-9-3-4-12-7-9/h6,8-9,12H,2-5,7H2,1H3. The van der Waals surface area contributed by atoms with Crippen LogP contribution in [0.2, 0.25) is 0 Å². The van der Waals surface area contributed by atoms with Gasteiger partial charge in [-0.15, -0.1) is 0 Å². The lowest BCUT2D eigenvalue weighted by Crippen LogP contribution is -2.11. The van der Waals surface area contributed by atoms with Crippen LogP contribution < -0.4 is 5.32 Å². The van der Waals surface area contributed by atoms with Gasteiger partial charge in [0.15, 0.2) is 0 Å². The third-order valence-corrected chi connectivity index (χ3v) is 2.80. The Labute approximate surface area is 85.0 Å². The summed E-state index contributed by atoms with van der Waals surface area (Å²) in [5.74, 6) is 0.773. The zero-order valence-electron chi connectivity index (χ0n) is 8.66. The monoisotopic (exact) mass is 191 g/mol. The molecule has 0 bridgehead atoms. The van der Waals surface area contributed by atoms with Crippen molar-refractivity contribution in [3.05, 3.63) is 23.8 Å². The highest BCUT2D eigenvalue weighted by atomic mass is 14.9. The Morgan fingerprint density at radius 2 is 2.29 bits per heavy atom. The minimum atomic E-state index is 0.773. The molecule has 0 amide bonds. The van der Waals surface area contributed by atoms with Gasteiger partial charge in [-0.25, -0.2) is 9.97 Å². The third kappa shape index (κ3) is 2.29. The van der Waals surface area contributed by atoms with Crippen molar-refractivity contribution in [2.75, 3.05) is 13.1 Å². The molecule has 1 aliphatic rings. The Morgan fingerprint density at radius 1 is 1.43 bits per heavy atom. The molecule has 1 aromatic rings. The van der Waals surface area contributed by atoms with E-state index < -0.39 is 0 Å². The Hall–Kier alpha value is -0.960. The van der Waals surface area contributed by atoms with E-state index in [0.717, 1.165) is 37.5 Å². The lowest BCUT2D eigenvalue weighted by atomic mass is 10.0. The molecule has 76 valence electrons. The van der Waals surface area contributed by atoms with Crippen molar-refractivity contribution in [1.29, 1.82) is 0 Å². The van der Waals surface area contributed by atoms with E-state index in [2.05, 4.69) is 28.3 Å². The number of hydrogen-bond acceptors (Lipinski definition) is 3. The van der Waals surface area contributed by atoms with Gasteiger partial charge in [-0.2, -0.15) is 0 Å². The summed E-state index contributed by atoms with van der Waals surface area (Å²) < 4.78 is 0. The van der Waals surface area contributed by atoms with Gasteiger partial charge < -0.3 is 5.32 Å². The van der Waals surface area contributed by atoms with Crippen LogP contribution in [0.5, 0.6) is 0 Å². The number of aromatic nitrogens is 2. The fourth-order valence-electron chi connectivity index (χ4n) is 1.93. The number of rotatable bonds is 3. The van der Waals surface area contributed by atoms with Gasteiger partial charge in [-0.3, -0.25) is 0 Å². The molecule has 1 aliphatic heterocycles. The smallest absolute Gasteiger partial charge is 0.115 e. The van der Waals surface area contributed by atoms with Crippen molar-refractivity contribution >= 4 is 0 Å². The van der Waals surface area contributed by atoms with E-state index in [4.69, 9.17) is 0 Å². The summed E-state index contributed by atoms with van der Waals surface area (Å²) >= 11 is 0. The summed E-state index contributed by atoms with van der Waals surface area (Å²) in [7, 11) is 0. The van der Waals surface area contributed by atoms with Gasteiger partial charge in [0.05, 0.1) is 0 Å². The fraction of sp³-hybridized carbons (Fsp3) is 0.636. The van der Waals surface area contributed by atoms with Crippen molar-refractivity contribution in [2.45, 2.75) is 26.2 Å². The van der Waals surface area contributed by atoms with Gasteiger partial charge in [0.1, 0.15) is 6.33 Å². The van der Waals surface area contributed by atoms with Crippen LogP contribution in [0, 0.1) is 5.92 Å². The second-order valence-electron chi connectivity index (χ2n) is 3.92. The Bertz CT molecular complexity index is 292. The van der Waals surface area contributed by atoms with Gasteiger partial charge in [-0.1, -0.05) is 6.92 Å². The molecule has 14 heavy (non-hydrogen) atoms. The minimum absolute atomic E-state index is 0.773. The summed E-state index contributed by atoms with van der Waals surface area (Å²) in [6.45, 7) is 4.44. The molecule has 0 radical (unpaired) electrons. The largest absolute Gasteiger partial charge is 0.316 e. The Morgan fingerprint density at radius 3 is 3.00 bits per heavy atom. The summed E-state index contributed by atoms with van der Waals surface area (Å²) in [6, 6.07) is 2.14. The van der Waals surface area contributed by atoms with Crippen LogP contribution in [0.1, 0.15) is 24.7 Å². The Balaban J connectivity index is 2.00. The van der Waals surface area contributed by atoms with Crippen LogP contribution in [-0.4, -0.2) is 23.1 Å². The molecule has 3 nitrogen and oxygen atoms in total. The molecule has 0 aromatic carbocycles. The Kier molecular flexibility index (Phi) is 3.09. The minimum Gasteiger partial charge on any atom is -0.316 e. The van der Waals surface area contributed by atoms with E-state index in [0.29, 0.717) is 0 Å². The highest BCUT2D eigenvalue weighted by Crippen LogP contribution is 2.13. The second-order valence-corrected chi connectivity index (χ2v) is 3.92. The van der Waals surface area contributed by atoms with Gasteiger partial charge >= 0.3 is 0 Å². The van der Waals surface area contributed by atoms with E-state index in [9.17, 15) is 0 Å². The lowest BCUT2D eigenvalue weighted by molar-refractivity contribution is 0.570. The van der Waals surface area contributed by atoms with Crippen molar-refractivity contribution in [3.63, 3.8) is 0 Å². The van der Waals surface area contributed by atoms with Gasteiger partial charge in [0, 0.05) is 11.4 Å². The first-order chi connectivity index (χ1) is 6.88. The molecule has 0 aliphatic carbocycles. The molecule has 1 atom stereocenters. The van der Waals surface area contributed by atoms with Crippen molar-refractivity contribution in [3.8, 4) is 0 Å². The zero-order valence-corrected chi connectivity index (χ0v) is 8.66. The van der Waals surface area contributed by atoms with Gasteiger partial charge in [-0.05, 0) is 44.3 Å². The second kappa shape index (κ2) is 4.51. The molecule has 1 fully saturated rings. The summed E-state index contributed by atoms with van der Waals surface area (Å²) in [4.78, 5) is 8.52. The normalized spacial score (nSPS) is 21.4. The molecule has 1 unspecified atom stereocenters. The maximum atomic E-state index is 4.31. The topological polar surface area (TPSA) is 37.8 Å². The fourth-order valence-corrected chi connectivity index (χ4v) is 1.93. The van der Waals surface area contributed by atoms with E-state index in [-0.39, 0.29) is 0 Å². The number of nitrogens with one attached hydrogen (secondary N) is 1. The average Bonchev–Trinajstić information content (AvgIpc) is 2.71. The zero-order chi connectivity index (χ0) is 9.80. The molecular weight excluding hydrogens is 174 g/mol. The van der Waals surface area contributed by atoms with Crippen LogP contribution in [0.4, 0.5) is 0 Å². The third-order valence-electron chi connectivity index (χ3n) is 2.80. The SMILES string of the molecule is CCc1cc(CC2CCNC2)ncn1. The molecule has 2 heterocycles. The lowest BCUT2D eigenvalue weighted by Gasteiger charge is -2.07. The number of nitrogens with zero attached hydrogens (tertiary/aromatic N) is 2. The van der Waals surface area contributed by atoms with Gasteiger partial charge in [0.2, 0.25) is 0 Å². The van der Waals surface area contributed by atoms with Crippen LogP contribution in [0.15, 0.2) is 12.4 Å². The van der Waals surface area contributed by atoms with Crippen LogP contribution in [0.25, 0.3) is 0 Å². The van der Waals surface area contributed by atoms with Crippen LogP contribution in [-0.2, 0) is 12.8 Å². The molecule has 2 rings (SSSR count). The quantitative estimate of drug-likeness (QED) is 0.780. The molecule has 0 spiro atoms. The molecule has 1 saturated heterocycles. The highest BCUT2D eigenvalue weighted by molar-refractivity contribution is 5.09. The average molecular weight is 191 g/mol. The maximum Gasteiger partial charge on any atom is 0.115 e. The predicted octanol–water partition coefficient (Wildman–Crippen LogP) is 1.19. The molecule has 1 N–H and O–H groups in total. The first-order valence-electron chi connectivity index (χ1n) is 5.39. The predicted molar refractivity (Wildman–Crippen MR) is 56.1 cm³/mol. The molecule has 1 aromatic heterocycles. The number of aryl methyl sites for hydroxylation is 1. The maximum absolute atomic E-state index is 4.31. The first kappa shape index (κ1) is 9.59. The summed E-state index contributed by atoms with van der Waals surface area (Å²) in [6.07, 6.45) is 5.07. The van der Waals surface area contributed by atoms with Crippen molar-refractivity contribution in [1.82, 2.24) is 15.3 Å². The van der Waals surface area contributed by atoms with E-state index in [1.165, 1.54) is 12.1 Å². The van der Waals surface area contributed by atoms with Crippen molar-refractivity contribution in [2.24, 2.45) is 5.92 Å². The molecular formula is C11H17N3. The van der Waals surface area contributed by atoms with E-state index >= 15 is 0 Å². The van der Waals surface area contributed by atoms with Crippen LogP contribution in [0.3, 0.4) is 0 Å². The summed E-state index contributed by atoms with van der Waals surface area (Å²) in [5.41, 5.74) is 2.35. The molecule has 3 heteroatoms. The van der Waals surface area contributed by atoms with E-state index in [1.54, 1.807) is 6.33 Å².